The first-order chi connectivity index (χ1) is 12.6. The van der Waals surface area contributed by atoms with Gasteiger partial charge in [0.25, 0.3) is 0 Å². The SMILES string of the molecule is COC(=O)N1C(=O)O[C@H](C(=O)c2ccccc2)[C@H]1c1ccc(OC)cc1. The average Bonchev–Trinajstić information content (AvgIpc) is 3.04. The van der Waals surface area contributed by atoms with Crippen molar-refractivity contribution in [3.8, 4) is 5.75 Å². The van der Waals surface area contributed by atoms with Crippen LogP contribution < -0.4 is 4.74 Å². The van der Waals surface area contributed by atoms with Crippen LogP contribution >= 0.6 is 0 Å². The molecule has 134 valence electrons. The summed E-state index contributed by atoms with van der Waals surface area (Å²) in [6.45, 7) is 0. The molecule has 7 heteroatoms. The number of carbonyl (C=O) groups excluding carboxylic acids is 3. The second-order valence-corrected chi connectivity index (χ2v) is 5.59. The van der Waals surface area contributed by atoms with Crippen LogP contribution in [0.25, 0.3) is 0 Å². The van der Waals surface area contributed by atoms with Gasteiger partial charge in [0, 0.05) is 5.56 Å². The summed E-state index contributed by atoms with van der Waals surface area (Å²) < 4.78 is 15.0. The Labute approximate surface area is 150 Å². The Morgan fingerprint density at radius 3 is 2.23 bits per heavy atom. The smallest absolute Gasteiger partial charge is 0.420 e. The summed E-state index contributed by atoms with van der Waals surface area (Å²) in [5.41, 5.74) is 0.937. The number of cyclic esters (lactones) is 1. The van der Waals surface area contributed by atoms with E-state index < -0.39 is 30.1 Å². The highest BCUT2D eigenvalue weighted by molar-refractivity contribution is 6.04. The van der Waals surface area contributed by atoms with E-state index in [1.165, 1.54) is 7.11 Å². The lowest BCUT2D eigenvalue weighted by molar-refractivity contribution is 0.0720. The minimum absolute atomic E-state index is 0.385. The monoisotopic (exact) mass is 355 g/mol. The summed E-state index contributed by atoms with van der Waals surface area (Å²) in [6, 6.07) is 14.2. The Morgan fingerprint density at radius 1 is 1.00 bits per heavy atom. The number of nitrogens with zero attached hydrogens (tertiary/aromatic N) is 1. The predicted molar refractivity (Wildman–Crippen MR) is 91.0 cm³/mol. The molecule has 0 N–H and O–H groups in total. The number of hydrogen-bond donors (Lipinski definition) is 0. The number of ether oxygens (including phenoxy) is 3. The Bertz CT molecular complexity index is 818. The maximum absolute atomic E-state index is 12.9. The van der Waals surface area contributed by atoms with Gasteiger partial charge in [0.1, 0.15) is 11.8 Å². The largest absolute Gasteiger partial charge is 0.497 e. The van der Waals surface area contributed by atoms with Crippen LogP contribution in [0.4, 0.5) is 9.59 Å². The van der Waals surface area contributed by atoms with Crippen molar-refractivity contribution in [1.29, 1.82) is 0 Å². The maximum atomic E-state index is 12.9. The minimum Gasteiger partial charge on any atom is -0.497 e. The zero-order valence-electron chi connectivity index (χ0n) is 14.2. The molecule has 1 saturated heterocycles. The maximum Gasteiger partial charge on any atom is 0.420 e. The van der Waals surface area contributed by atoms with Gasteiger partial charge in [-0.25, -0.2) is 14.5 Å². The van der Waals surface area contributed by atoms with Crippen molar-refractivity contribution in [3.63, 3.8) is 0 Å². The van der Waals surface area contributed by atoms with Crippen molar-refractivity contribution in [1.82, 2.24) is 4.90 Å². The van der Waals surface area contributed by atoms with E-state index in [9.17, 15) is 14.4 Å². The first-order valence-corrected chi connectivity index (χ1v) is 7.88. The fourth-order valence-electron chi connectivity index (χ4n) is 2.85. The molecule has 1 fully saturated rings. The van der Waals surface area contributed by atoms with Gasteiger partial charge in [-0.1, -0.05) is 42.5 Å². The molecule has 1 heterocycles. The quantitative estimate of drug-likeness (QED) is 0.783. The van der Waals surface area contributed by atoms with Crippen LogP contribution in [0.1, 0.15) is 22.0 Å². The van der Waals surface area contributed by atoms with Gasteiger partial charge in [-0.15, -0.1) is 0 Å². The summed E-state index contributed by atoms with van der Waals surface area (Å²) in [6.07, 6.45) is -2.98. The van der Waals surface area contributed by atoms with Gasteiger partial charge in [-0.2, -0.15) is 0 Å². The summed E-state index contributed by atoms with van der Waals surface area (Å²) >= 11 is 0. The molecule has 26 heavy (non-hydrogen) atoms. The van der Waals surface area contributed by atoms with Gasteiger partial charge in [-0.3, -0.25) is 4.79 Å². The third-order valence-corrected chi connectivity index (χ3v) is 4.13. The minimum atomic E-state index is -1.17. The van der Waals surface area contributed by atoms with Crippen LogP contribution in [0.3, 0.4) is 0 Å². The summed E-state index contributed by atoms with van der Waals surface area (Å²) in [5.74, 6) is 0.209. The van der Waals surface area contributed by atoms with E-state index in [2.05, 4.69) is 4.74 Å². The van der Waals surface area contributed by atoms with Crippen LogP contribution in [0.5, 0.6) is 5.75 Å². The zero-order valence-corrected chi connectivity index (χ0v) is 14.2. The standard InChI is InChI=1S/C19H17NO6/c1-24-14-10-8-12(9-11-14)15-17(16(21)13-6-4-3-5-7-13)26-19(23)20(15)18(22)25-2/h3-11,15,17H,1-2H3/t15-,17+/m1/s1. The molecular formula is C19H17NO6. The van der Waals surface area contributed by atoms with Crippen LogP contribution in [0.15, 0.2) is 54.6 Å². The zero-order chi connectivity index (χ0) is 18.7. The average molecular weight is 355 g/mol. The van der Waals surface area contributed by atoms with E-state index in [-0.39, 0.29) is 0 Å². The molecule has 0 radical (unpaired) electrons. The Balaban J connectivity index is 2.02. The van der Waals surface area contributed by atoms with Crippen LogP contribution in [-0.2, 0) is 9.47 Å². The van der Waals surface area contributed by atoms with E-state index in [0.717, 1.165) is 12.0 Å². The van der Waals surface area contributed by atoms with Crippen LogP contribution in [0.2, 0.25) is 0 Å². The summed E-state index contributed by atoms with van der Waals surface area (Å²) in [4.78, 5) is 38.0. The molecule has 2 aromatic rings. The van der Waals surface area contributed by atoms with Gasteiger partial charge in [-0.05, 0) is 17.7 Å². The Kier molecular flexibility index (Phi) is 4.88. The topological polar surface area (TPSA) is 82.1 Å². The van der Waals surface area contributed by atoms with E-state index in [1.54, 1.807) is 54.6 Å². The molecule has 2 atom stereocenters. The number of carbonyl (C=O) groups is 3. The van der Waals surface area contributed by atoms with E-state index >= 15 is 0 Å². The van der Waals surface area contributed by atoms with Gasteiger partial charge < -0.3 is 14.2 Å². The predicted octanol–water partition coefficient (Wildman–Crippen LogP) is 3.21. The highest BCUT2D eigenvalue weighted by Gasteiger charge is 2.50. The molecule has 0 saturated carbocycles. The fraction of sp³-hybridized carbons (Fsp3) is 0.211. The summed E-state index contributed by atoms with van der Waals surface area (Å²) in [7, 11) is 2.69. The van der Waals surface area contributed by atoms with Crippen LogP contribution in [-0.4, -0.2) is 43.2 Å². The lowest BCUT2D eigenvalue weighted by Crippen LogP contribution is -2.37. The molecule has 3 rings (SSSR count). The fourth-order valence-corrected chi connectivity index (χ4v) is 2.85. The lowest BCUT2D eigenvalue weighted by Gasteiger charge is -2.22. The molecule has 0 bridgehead atoms. The third-order valence-electron chi connectivity index (χ3n) is 4.13. The van der Waals surface area contributed by atoms with E-state index in [1.807, 2.05) is 0 Å². The molecule has 0 aliphatic carbocycles. The molecule has 1 aliphatic heterocycles. The molecule has 0 unspecified atom stereocenters. The van der Waals surface area contributed by atoms with Crippen LogP contribution in [0, 0.1) is 0 Å². The molecular weight excluding hydrogens is 338 g/mol. The highest BCUT2D eigenvalue weighted by Crippen LogP contribution is 2.36. The van der Waals surface area contributed by atoms with Gasteiger partial charge in [0.15, 0.2) is 6.10 Å². The van der Waals surface area contributed by atoms with Crippen molar-refractivity contribution in [3.05, 3.63) is 65.7 Å². The number of benzene rings is 2. The molecule has 1 aliphatic rings. The van der Waals surface area contributed by atoms with Gasteiger partial charge in [0.05, 0.1) is 14.2 Å². The van der Waals surface area contributed by atoms with Crippen molar-refractivity contribution in [2.45, 2.75) is 12.1 Å². The number of imide groups is 1. The van der Waals surface area contributed by atoms with Gasteiger partial charge in [0.2, 0.25) is 5.78 Å². The number of Topliss-reactive ketones (excluding diaryl/α,β-unsaturated/α-hetero) is 1. The number of ketones is 1. The molecule has 0 aromatic heterocycles. The lowest BCUT2D eigenvalue weighted by atomic mass is 9.95. The number of methoxy groups -OCH3 is 2. The number of hydrogen-bond acceptors (Lipinski definition) is 6. The number of amides is 2. The van der Waals surface area contributed by atoms with E-state index in [0.29, 0.717) is 16.9 Å². The molecule has 2 aromatic carbocycles. The highest BCUT2D eigenvalue weighted by atomic mass is 16.6. The van der Waals surface area contributed by atoms with Crippen molar-refractivity contribution in [2.24, 2.45) is 0 Å². The number of rotatable bonds is 4. The third kappa shape index (κ3) is 3.11. The normalized spacial score (nSPS) is 19.0. The first-order valence-electron chi connectivity index (χ1n) is 7.88. The second kappa shape index (κ2) is 7.26. The van der Waals surface area contributed by atoms with Crippen molar-refractivity contribution in [2.75, 3.05) is 14.2 Å². The Hall–Kier alpha value is -3.35. The second-order valence-electron chi connectivity index (χ2n) is 5.59. The summed E-state index contributed by atoms with van der Waals surface area (Å²) in [5, 5.41) is 0. The Morgan fingerprint density at radius 2 is 1.65 bits per heavy atom. The van der Waals surface area contributed by atoms with Crippen molar-refractivity contribution < 1.29 is 28.6 Å². The van der Waals surface area contributed by atoms with Gasteiger partial charge >= 0.3 is 12.2 Å². The molecule has 2 amide bonds. The van der Waals surface area contributed by atoms with E-state index in [4.69, 9.17) is 9.47 Å². The molecule has 0 spiro atoms. The molecule has 7 nitrogen and oxygen atoms in total. The van der Waals surface area contributed by atoms with Crippen molar-refractivity contribution >= 4 is 18.0 Å². The first kappa shape index (κ1) is 17.5.